The van der Waals surface area contributed by atoms with Crippen LogP contribution in [-0.4, -0.2) is 38.2 Å². The van der Waals surface area contributed by atoms with Crippen molar-refractivity contribution in [3.05, 3.63) is 76.3 Å². The second kappa shape index (κ2) is 7.59. The van der Waals surface area contributed by atoms with Crippen LogP contribution in [0.1, 0.15) is 11.3 Å². The number of carbonyl (C=O) groups is 2. The maximum absolute atomic E-state index is 12.5. The van der Waals surface area contributed by atoms with Gasteiger partial charge in [-0.25, -0.2) is 9.89 Å². The van der Waals surface area contributed by atoms with E-state index in [9.17, 15) is 19.5 Å². The highest BCUT2D eigenvalue weighted by Crippen LogP contribution is 2.19. The first-order valence-corrected chi connectivity index (χ1v) is 9.06. The molecule has 0 spiro atoms. The summed E-state index contributed by atoms with van der Waals surface area (Å²) in [6.45, 7) is 0. The van der Waals surface area contributed by atoms with E-state index in [1.54, 1.807) is 30.5 Å². The monoisotopic (exact) mass is 390 g/mol. The predicted octanol–water partition coefficient (Wildman–Crippen LogP) is 1.76. The normalized spacial score (nSPS) is 12.1. The van der Waals surface area contributed by atoms with E-state index in [1.807, 2.05) is 24.3 Å². The number of hydrogen-bond donors (Lipinski definition) is 4. The molecule has 0 saturated carbocycles. The molecule has 8 nitrogen and oxygen atoms in total. The molecule has 146 valence electrons. The number of H-pyrrole nitrogens is 2. The summed E-state index contributed by atoms with van der Waals surface area (Å²) in [5.41, 5.74) is 1.75. The number of nitrogens with zero attached hydrogens (tertiary/aromatic N) is 1. The Kier molecular flexibility index (Phi) is 4.82. The van der Waals surface area contributed by atoms with E-state index in [1.165, 1.54) is 0 Å². The highest BCUT2D eigenvalue weighted by Gasteiger charge is 2.22. The lowest BCUT2D eigenvalue weighted by Crippen LogP contribution is -2.43. The Morgan fingerprint density at radius 3 is 2.48 bits per heavy atom. The summed E-state index contributed by atoms with van der Waals surface area (Å²) >= 11 is 0. The van der Waals surface area contributed by atoms with Gasteiger partial charge < -0.3 is 15.4 Å². The first kappa shape index (κ1) is 18.4. The van der Waals surface area contributed by atoms with E-state index in [0.29, 0.717) is 16.5 Å². The van der Waals surface area contributed by atoms with Gasteiger partial charge in [-0.2, -0.15) is 5.10 Å². The average Bonchev–Trinajstić information content (AvgIpc) is 3.13. The number of aliphatic carboxylic acids is 1. The maximum atomic E-state index is 12.5. The molecular weight excluding hydrogens is 372 g/mol. The minimum absolute atomic E-state index is 0.144. The van der Waals surface area contributed by atoms with E-state index in [4.69, 9.17) is 0 Å². The van der Waals surface area contributed by atoms with Crippen LogP contribution in [0.5, 0.6) is 0 Å². The molecule has 0 aliphatic rings. The molecule has 29 heavy (non-hydrogen) atoms. The van der Waals surface area contributed by atoms with Crippen LogP contribution in [0.15, 0.2) is 59.5 Å². The van der Waals surface area contributed by atoms with Gasteiger partial charge in [0.15, 0.2) is 0 Å². The third-order valence-electron chi connectivity index (χ3n) is 4.84. The van der Waals surface area contributed by atoms with Gasteiger partial charge in [0.25, 0.3) is 5.56 Å². The van der Waals surface area contributed by atoms with Crippen molar-refractivity contribution in [3.8, 4) is 0 Å². The van der Waals surface area contributed by atoms with Crippen molar-refractivity contribution < 1.29 is 14.7 Å². The average molecular weight is 390 g/mol. The van der Waals surface area contributed by atoms with Crippen LogP contribution in [-0.2, 0) is 22.4 Å². The molecule has 0 fully saturated rings. The number of rotatable bonds is 6. The third kappa shape index (κ3) is 3.73. The second-order valence-electron chi connectivity index (χ2n) is 6.74. The second-order valence-corrected chi connectivity index (χ2v) is 6.74. The van der Waals surface area contributed by atoms with Gasteiger partial charge in [0.2, 0.25) is 5.91 Å². The quantitative estimate of drug-likeness (QED) is 0.399. The van der Waals surface area contributed by atoms with Crippen LogP contribution < -0.4 is 10.9 Å². The van der Waals surface area contributed by atoms with Crippen molar-refractivity contribution in [2.45, 2.75) is 18.9 Å². The predicted molar refractivity (Wildman–Crippen MR) is 108 cm³/mol. The SMILES string of the molecule is O=C(Cc1n[nH]c(=O)c2ccccc12)N[C@H](Cc1c[nH]c2ccccc12)C(=O)O. The molecule has 0 saturated heterocycles. The summed E-state index contributed by atoms with van der Waals surface area (Å²) in [6.07, 6.45) is 1.75. The van der Waals surface area contributed by atoms with Crippen molar-refractivity contribution in [2.75, 3.05) is 0 Å². The lowest BCUT2D eigenvalue weighted by atomic mass is 10.0. The lowest BCUT2D eigenvalue weighted by molar-refractivity contribution is -0.141. The fraction of sp³-hybridized carbons (Fsp3) is 0.143. The van der Waals surface area contributed by atoms with Gasteiger partial charge in [-0.15, -0.1) is 0 Å². The first-order valence-electron chi connectivity index (χ1n) is 9.06. The smallest absolute Gasteiger partial charge is 0.326 e. The molecule has 8 heteroatoms. The Balaban J connectivity index is 1.54. The van der Waals surface area contributed by atoms with Gasteiger partial charge in [0, 0.05) is 28.9 Å². The van der Waals surface area contributed by atoms with Crippen molar-refractivity contribution in [2.24, 2.45) is 0 Å². The number of benzene rings is 2. The lowest BCUT2D eigenvalue weighted by Gasteiger charge is -2.14. The Bertz CT molecular complexity index is 1270. The van der Waals surface area contributed by atoms with Crippen LogP contribution in [0.25, 0.3) is 21.7 Å². The van der Waals surface area contributed by atoms with E-state index < -0.39 is 17.9 Å². The fourth-order valence-electron chi connectivity index (χ4n) is 3.42. The van der Waals surface area contributed by atoms with E-state index in [0.717, 1.165) is 16.5 Å². The van der Waals surface area contributed by atoms with Crippen molar-refractivity contribution in [3.63, 3.8) is 0 Å². The summed E-state index contributed by atoms with van der Waals surface area (Å²) in [5, 5.41) is 20.4. The Labute approximate surface area is 164 Å². The number of aromatic nitrogens is 3. The number of carbonyl (C=O) groups excluding carboxylic acids is 1. The van der Waals surface area contributed by atoms with Gasteiger partial charge in [-0.05, 0) is 17.7 Å². The molecule has 2 aromatic heterocycles. The highest BCUT2D eigenvalue weighted by atomic mass is 16.4. The standard InChI is InChI=1S/C21H18N4O4/c26-19(10-17-14-6-1-2-7-15(14)20(27)25-24-17)23-18(21(28)29)9-12-11-22-16-8-4-3-5-13(12)16/h1-8,11,18,22H,9-10H2,(H,23,26)(H,25,27)(H,28,29)/t18-/m1/s1. The number of fused-ring (bicyclic) bond motifs is 2. The van der Waals surface area contributed by atoms with Crippen LogP contribution in [0.3, 0.4) is 0 Å². The molecular formula is C21H18N4O4. The molecule has 0 aliphatic carbocycles. The molecule has 1 amide bonds. The fourth-order valence-corrected chi connectivity index (χ4v) is 3.42. The molecule has 0 aliphatic heterocycles. The van der Waals surface area contributed by atoms with Crippen LogP contribution >= 0.6 is 0 Å². The van der Waals surface area contributed by atoms with Crippen molar-refractivity contribution >= 4 is 33.6 Å². The topological polar surface area (TPSA) is 128 Å². The summed E-state index contributed by atoms with van der Waals surface area (Å²) in [4.78, 5) is 39.2. The van der Waals surface area contributed by atoms with E-state index in [2.05, 4.69) is 20.5 Å². The number of para-hydroxylation sites is 1. The number of nitrogens with one attached hydrogen (secondary N) is 3. The minimum atomic E-state index is -1.12. The molecule has 2 heterocycles. The number of carboxylic acid groups (broad SMARTS) is 1. The third-order valence-corrected chi connectivity index (χ3v) is 4.84. The summed E-state index contributed by atoms with van der Waals surface area (Å²) in [5.74, 6) is -1.61. The number of amides is 1. The van der Waals surface area contributed by atoms with Crippen LogP contribution in [0.4, 0.5) is 0 Å². The van der Waals surface area contributed by atoms with Crippen LogP contribution in [0, 0.1) is 0 Å². The molecule has 0 radical (unpaired) electrons. The molecule has 4 aromatic rings. The van der Waals surface area contributed by atoms with Gasteiger partial charge >= 0.3 is 5.97 Å². The van der Waals surface area contributed by atoms with E-state index in [-0.39, 0.29) is 18.4 Å². The number of hydrogen-bond acceptors (Lipinski definition) is 4. The zero-order valence-electron chi connectivity index (χ0n) is 15.3. The zero-order valence-corrected chi connectivity index (χ0v) is 15.3. The van der Waals surface area contributed by atoms with Gasteiger partial charge in [-0.1, -0.05) is 36.4 Å². The number of carboxylic acids is 1. The van der Waals surface area contributed by atoms with Crippen molar-refractivity contribution in [1.29, 1.82) is 0 Å². The Morgan fingerprint density at radius 1 is 1.03 bits per heavy atom. The maximum Gasteiger partial charge on any atom is 0.326 e. The number of aromatic amines is 2. The molecule has 4 rings (SSSR count). The van der Waals surface area contributed by atoms with Gasteiger partial charge in [-0.3, -0.25) is 9.59 Å². The summed E-state index contributed by atoms with van der Waals surface area (Å²) < 4.78 is 0. The van der Waals surface area contributed by atoms with Crippen molar-refractivity contribution in [1.82, 2.24) is 20.5 Å². The summed E-state index contributed by atoms with van der Waals surface area (Å²) in [6, 6.07) is 13.3. The zero-order chi connectivity index (χ0) is 20.4. The molecule has 1 atom stereocenters. The Hall–Kier alpha value is -3.94. The molecule has 0 bridgehead atoms. The summed E-state index contributed by atoms with van der Waals surface area (Å²) in [7, 11) is 0. The molecule has 0 unspecified atom stereocenters. The largest absolute Gasteiger partial charge is 0.480 e. The van der Waals surface area contributed by atoms with E-state index >= 15 is 0 Å². The molecule has 2 aromatic carbocycles. The van der Waals surface area contributed by atoms with Gasteiger partial charge in [0.05, 0.1) is 17.5 Å². The first-order chi connectivity index (χ1) is 14.0. The van der Waals surface area contributed by atoms with Crippen LogP contribution in [0.2, 0.25) is 0 Å². The highest BCUT2D eigenvalue weighted by molar-refractivity contribution is 5.90. The van der Waals surface area contributed by atoms with Gasteiger partial charge in [0.1, 0.15) is 6.04 Å². The Morgan fingerprint density at radius 2 is 1.72 bits per heavy atom. The minimum Gasteiger partial charge on any atom is -0.480 e. The molecule has 4 N–H and O–H groups in total.